The van der Waals surface area contributed by atoms with E-state index in [4.69, 9.17) is 4.74 Å². The molecule has 0 aliphatic carbocycles. The fourth-order valence-corrected chi connectivity index (χ4v) is 1.84. The third-order valence-electron chi connectivity index (χ3n) is 2.58. The average molecular weight is 270 g/mol. The fourth-order valence-electron chi connectivity index (χ4n) is 1.84. The van der Waals surface area contributed by atoms with Crippen LogP contribution in [0.5, 0.6) is 0 Å². The fraction of sp³-hybridized carbons (Fsp3) is 1.00. The predicted octanol–water partition coefficient (Wildman–Crippen LogP) is 2.28. The van der Waals surface area contributed by atoms with Crippen LogP contribution in [0.4, 0.5) is 13.2 Å². The second-order valence-corrected chi connectivity index (χ2v) is 4.40. The Bertz CT molecular complexity index is 200. The molecular formula is C12H25F3N2O. The SMILES string of the molecule is CCCNCC(COC)N(CCC)CC(F)(F)F. The molecule has 0 aliphatic rings. The Morgan fingerprint density at radius 2 is 1.89 bits per heavy atom. The van der Waals surface area contributed by atoms with Gasteiger partial charge in [0.2, 0.25) is 0 Å². The lowest BCUT2D eigenvalue weighted by molar-refractivity contribution is -0.152. The minimum atomic E-state index is -4.16. The summed E-state index contributed by atoms with van der Waals surface area (Å²) in [6.07, 6.45) is -2.50. The predicted molar refractivity (Wildman–Crippen MR) is 66.7 cm³/mol. The number of methoxy groups -OCH3 is 1. The van der Waals surface area contributed by atoms with Crippen LogP contribution < -0.4 is 5.32 Å². The first kappa shape index (κ1) is 17.7. The second kappa shape index (κ2) is 9.58. The number of alkyl halides is 3. The summed E-state index contributed by atoms with van der Waals surface area (Å²) >= 11 is 0. The molecule has 0 aliphatic heterocycles. The molecule has 0 amide bonds. The zero-order valence-electron chi connectivity index (χ0n) is 11.5. The maximum atomic E-state index is 12.5. The first-order chi connectivity index (χ1) is 8.44. The molecule has 0 aromatic heterocycles. The van der Waals surface area contributed by atoms with Crippen molar-refractivity contribution in [1.29, 1.82) is 0 Å². The highest BCUT2D eigenvalue weighted by Crippen LogP contribution is 2.18. The Balaban J connectivity index is 4.43. The highest BCUT2D eigenvalue weighted by molar-refractivity contribution is 4.76. The topological polar surface area (TPSA) is 24.5 Å². The van der Waals surface area contributed by atoms with Crippen molar-refractivity contribution in [3.63, 3.8) is 0 Å². The van der Waals surface area contributed by atoms with Gasteiger partial charge in [0, 0.05) is 19.7 Å². The van der Waals surface area contributed by atoms with Gasteiger partial charge in [0.25, 0.3) is 0 Å². The van der Waals surface area contributed by atoms with Crippen LogP contribution in [0.3, 0.4) is 0 Å². The van der Waals surface area contributed by atoms with Crippen molar-refractivity contribution in [2.75, 3.05) is 39.9 Å². The van der Waals surface area contributed by atoms with E-state index in [0.29, 0.717) is 26.1 Å². The minimum Gasteiger partial charge on any atom is -0.383 e. The van der Waals surface area contributed by atoms with Crippen LogP contribution in [-0.2, 0) is 4.74 Å². The van der Waals surface area contributed by atoms with E-state index < -0.39 is 12.7 Å². The number of nitrogens with one attached hydrogen (secondary N) is 1. The van der Waals surface area contributed by atoms with E-state index >= 15 is 0 Å². The number of rotatable bonds is 10. The van der Waals surface area contributed by atoms with Gasteiger partial charge < -0.3 is 10.1 Å². The standard InChI is InChI=1S/C12H25F3N2O/c1-4-6-16-8-11(9-18-3)17(7-5-2)10-12(13,14)15/h11,16H,4-10H2,1-3H3. The smallest absolute Gasteiger partial charge is 0.383 e. The summed E-state index contributed by atoms with van der Waals surface area (Å²) in [6, 6.07) is -0.233. The summed E-state index contributed by atoms with van der Waals surface area (Å²) in [5, 5.41) is 3.16. The molecule has 0 spiro atoms. The molecule has 0 radical (unpaired) electrons. The third-order valence-corrected chi connectivity index (χ3v) is 2.58. The lowest BCUT2D eigenvalue weighted by atomic mass is 10.2. The molecule has 0 saturated carbocycles. The van der Waals surface area contributed by atoms with Crippen LogP contribution in [0.25, 0.3) is 0 Å². The molecule has 110 valence electrons. The van der Waals surface area contributed by atoms with Gasteiger partial charge in [-0.05, 0) is 25.9 Å². The second-order valence-electron chi connectivity index (χ2n) is 4.40. The van der Waals surface area contributed by atoms with Crippen molar-refractivity contribution in [2.45, 2.75) is 38.9 Å². The van der Waals surface area contributed by atoms with E-state index in [2.05, 4.69) is 5.32 Å². The van der Waals surface area contributed by atoms with Crippen molar-refractivity contribution >= 4 is 0 Å². The molecule has 1 unspecified atom stereocenters. The lowest BCUT2D eigenvalue weighted by Gasteiger charge is -2.31. The molecule has 1 N–H and O–H groups in total. The molecule has 18 heavy (non-hydrogen) atoms. The van der Waals surface area contributed by atoms with E-state index in [0.717, 1.165) is 13.0 Å². The number of nitrogens with zero attached hydrogens (tertiary/aromatic N) is 1. The first-order valence-electron chi connectivity index (χ1n) is 6.45. The van der Waals surface area contributed by atoms with Gasteiger partial charge >= 0.3 is 6.18 Å². The molecule has 0 aromatic rings. The van der Waals surface area contributed by atoms with Crippen LogP contribution in [0, 0.1) is 0 Å². The zero-order chi connectivity index (χ0) is 14.0. The molecule has 3 nitrogen and oxygen atoms in total. The Kier molecular flexibility index (Phi) is 9.40. The number of hydrogen-bond acceptors (Lipinski definition) is 3. The Morgan fingerprint density at radius 1 is 1.22 bits per heavy atom. The van der Waals surface area contributed by atoms with Gasteiger partial charge in [-0.25, -0.2) is 0 Å². The van der Waals surface area contributed by atoms with Gasteiger partial charge in [-0.15, -0.1) is 0 Å². The van der Waals surface area contributed by atoms with E-state index in [9.17, 15) is 13.2 Å². The monoisotopic (exact) mass is 270 g/mol. The summed E-state index contributed by atoms with van der Waals surface area (Å²) in [5.74, 6) is 0. The molecule has 0 saturated heterocycles. The van der Waals surface area contributed by atoms with Gasteiger partial charge in [-0.2, -0.15) is 13.2 Å². The van der Waals surface area contributed by atoms with Crippen LogP contribution >= 0.6 is 0 Å². The third kappa shape index (κ3) is 8.72. The highest BCUT2D eigenvalue weighted by atomic mass is 19.4. The summed E-state index contributed by atoms with van der Waals surface area (Å²) in [4.78, 5) is 1.45. The Morgan fingerprint density at radius 3 is 2.33 bits per heavy atom. The molecular weight excluding hydrogens is 245 g/mol. The molecule has 0 fully saturated rings. The lowest BCUT2D eigenvalue weighted by Crippen LogP contribution is -2.49. The van der Waals surface area contributed by atoms with Crippen molar-refractivity contribution in [3.8, 4) is 0 Å². The molecule has 6 heteroatoms. The highest BCUT2D eigenvalue weighted by Gasteiger charge is 2.33. The molecule has 1 atom stereocenters. The maximum Gasteiger partial charge on any atom is 0.401 e. The van der Waals surface area contributed by atoms with E-state index in [-0.39, 0.29) is 6.04 Å². The normalized spacial score (nSPS) is 14.2. The molecule has 0 aromatic carbocycles. The number of ether oxygens (including phenoxy) is 1. The van der Waals surface area contributed by atoms with Gasteiger partial charge in [0.15, 0.2) is 0 Å². The maximum absolute atomic E-state index is 12.5. The van der Waals surface area contributed by atoms with Crippen LogP contribution in [-0.4, -0.2) is 57.0 Å². The van der Waals surface area contributed by atoms with Crippen LogP contribution in [0.2, 0.25) is 0 Å². The van der Waals surface area contributed by atoms with E-state index in [1.165, 1.54) is 12.0 Å². The zero-order valence-corrected chi connectivity index (χ0v) is 11.5. The van der Waals surface area contributed by atoms with E-state index in [1.54, 1.807) is 0 Å². The molecule has 0 bridgehead atoms. The summed E-state index contributed by atoms with van der Waals surface area (Å²) in [7, 11) is 1.52. The Labute approximate surface area is 108 Å². The quantitative estimate of drug-likeness (QED) is 0.616. The van der Waals surface area contributed by atoms with Crippen LogP contribution in [0.15, 0.2) is 0 Å². The van der Waals surface area contributed by atoms with Gasteiger partial charge in [0.1, 0.15) is 0 Å². The van der Waals surface area contributed by atoms with Gasteiger partial charge in [-0.3, -0.25) is 4.90 Å². The largest absolute Gasteiger partial charge is 0.401 e. The van der Waals surface area contributed by atoms with Crippen molar-refractivity contribution in [1.82, 2.24) is 10.2 Å². The van der Waals surface area contributed by atoms with Crippen LogP contribution in [0.1, 0.15) is 26.7 Å². The van der Waals surface area contributed by atoms with Gasteiger partial charge in [0.05, 0.1) is 13.2 Å². The first-order valence-corrected chi connectivity index (χ1v) is 6.45. The number of hydrogen-bond donors (Lipinski definition) is 1. The van der Waals surface area contributed by atoms with E-state index in [1.807, 2.05) is 13.8 Å². The van der Waals surface area contributed by atoms with Crippen molar-refractivity contribution < 1.29 is 17.9 Å². The summed E-state index contributed by atoms with van der Waals surface area (Å²) in [5.41, 5.74) is 0. The minimum absolute atomic E-state index is 0.233. The molecule has 0 rings (SSSR count). The Hall–Kier alpha value is -0.330. The average Bonchev–Trinajstić information content (AvgIpc) is 2.26. The molecule has 0 heterocycles. The summed E-state index contributed by atoms with van der Waals surface area (Å²) < 4.78 is 42.6. The van der Waals surface area contributed by atoms with Crippen molar-refractivity contribution in [3.05, 3.63) is 0 Å². The van der Waals surface area contributed by atoms with Crippen molar-refractivity contribution in [2.24, 2.45) is 0 Å². The van der Waals surface area contributed by atoms with Gasteiger partial charge in [-0.1, -0.05) is 13.8 Å². The summed E-state index contributed by atoms with van der Waals surface area (Å²) in [6.45, 7) is 5.12. The number of halogens is 3.